The zero-order valence-corrected chi connectivity index (χ0v) is 21.7. The lowest BCUT2D eigenvalue weighted by Gasteiger charge is -2.18. The summed E-state index contributed by atoms with van der Waals surface area (Å²) >= 11 is 0. The van der Waals surface area contributed by atoms with E-state index in [1.54, 1.807) is 25.1 Å². The van der Waals surface area contributed by atoms with Gasteiger partial charge in [0.2, 0.25) is 0 Å². The molecule has 0 aliphatic rings. The summed E-state index contributed by atoms with van der Waals surface area (Å²) in [5, 5.41) is 20.1. The Bertz CT molecular complexity index is 1320. The fourth-order valence-electron chi connectivity index (χ4n) is 2.71. The Balaban J connectivity index is 0.000000373. The van der Waals surface area contributed by atoms with Crippen LogP contribution in [0.15, 0.2) is 95.1 Å². The highest BCUT2D eigenvalue weighted by molar-refractivity contribution is 7.91. The minimum atomic E-state index is -4.74. The number of rotatable bonds is 7. The standard InChI is InChI=1S/C14H14O2S.C13H15F3N2O2/c1-2-17(15,16)14-10-6-9-13(11-14)12-7-4-3-5-8-12;1-5-9(18-11(19)12(3,4)20)6-10(8(2)7-17)13(14,15)16/h3-11H,2H2,1H3;5-6,20H,1H2,2-4H3,(H,18,19)/b;9-6+,10-8-. The molecule has 2 rings (SSSR count). The van der Waals surface area contributed by atoms with E-state index in [9.17, 15) is 31.5 Å². The first-order valence-electron chi connectivity index (χ1n) is 11.0. The number of aliphatic hydroxyl groups is 1. The van der Waals surface area contributed by atoms with E-state index in [2.05, 4.69) is 11.9 Å². The molecule has 0 aromatic heterocycles. The molecule has 0 unspecified atom stereocenters. The summed E-state index contributed by atoms with van der Waals surface area (Å²) < 4.78 is 61.9. The van der Waals surface area contributed by atoms with E-state index in [0.29, 0.717) is 11.0 Å². The quantitative estimate of drug-likeness (QED) is 0.361. The summed E-state index contributed by atoms with van der Waals surface area (Å²) in [5.41, 5.74) is -1.80. The molecule has 0 atom stereocenters. The summed E-state index contributed by atoms with van der Waals surface area (Å²) in [5.74, 6) is -0.759. The van der Waals surface area contributed by atoms with Crippen molar-refractivity contribution in [2.45, 2.75) is 44.4 Å². The predicted molar refractivity (Wildman–Crippen MR) is 137 cm³/mol. The van der Waals surface area contributed by atoms with Crippen LogP contribution in [0.4, 0.5) is 13.2 Å². The lowest BCUT2D eigenvalue weighted by Crippen LogP contribution is -2.41. The summed E-state index contributed by atoms with van der Waals surface area (Å²) in [6.07, 6.45) is -3.16. The van der Waals surface area contributed by atoms with E-state index in [1.807, 2.05) is 36.4 Å². The van der Waals surface area contributed by atoms with Gasteiger partial charge in [0.15, 0.2) is 9.84 Å². The van der Waals surface area contributed by atoms with Crippen LogP contribution >= 0.6 is 0 Å². The predicted octanol–water partition coefficient (Wildman–Crippen LogP) is 5.49. The SMILES string of the molecule is C=C/C(=C\C(=C(/C)C#N)C(F)(F)F)NC(=O)C(C)(C)O.CCS(=O)(=O)c1cccc(-c2ccccc2)c1. The van der Waals surface area contributed by atoms with Gasteiger partial charge in [-0.1, -0.05) is 56.0 Å². The molecule has 2 aromatic carbocycles. The monoisotopic (exact) mass is 534 g/mol. The number of nitriles is 1. The van der Waals surface area contributed by atoms with Crippen LogP contribution < -0.4 is 5.32 Å². The highest BCUT2D eigenvalue weighted by atomic mass is 32.2. The molecule has 2 aromatic rings. The summed E-state index contributed by atoms with van der Waals surface area (Å²) in [6.45, 7) is 8.32. The molecule has 0 aliphatic heterocycles. The van der Waals surface area contributed by atoms with Crippen LogP contribution in [0.2, 0.25) is 0 Å². The van der Waals surface area contributed by atoms with Crippen molar-refractivity contribution in [3.63, 3.8) is 0 Å². The summed E-state index contributed by atoms with van der Waals surface area (Å²) in [7, 11) is -3.13. The third-order valence-electron chi connectivity index (χ3n) is 4.89. The Hall–Kier alpha value is -3.68. The first-order valence-corrected chi connectivity index (χ1v) is 12.7. The van der Waals surface area contributed by atoms with Crippen molar-refractivity contribution in [1.29, 1.82) is 5.26 Å². The van der Waals surface area contributed by atoms with Crippen LogP contribution in [0, 0.1) is 11.3 Å². The average molecular weight is 535 g/mol. The number of sulfone groups is 1. The molecule has 198 valence electrons. The van der Waals surface area contributed by atoms with Crippen LogP contribution in [-0.4, -0.2) is 37.0 Å². The molecule has 0 saturated heterocycles. The first kappa shape index (κ1) is 31.4. The maximum atomic E-state index is 12.8. The van der Waals surface area contributed by atoms with E-state index < -0.39 is 38.7 Å². The molecule has 37 heavy (non-hydrogen) atoms. The van der Waals surface area contributed by atoms with Crippen molar-refractivity contribution in [3.8, 4) is 17.2 Å². The van der Waals surface area contributed by atoms with Gasteiger partial charge in [0.1, 0.15) is 5.60 Å². The zero-order chi connectivity index (χ0) is 28.4. The van der Waals surface area contributed by atoms with Gasteiger partial charge in [0.05, 0.1) is 22.3 Å². The van der Waals surface area contributed by atoms with Crippen LogP contribution in [0.3, 0.4) is 0 Å². The number of nitrogens with zero attached hydrogens (tertiary/aromatic N) is 1. The van der Waals surface area contributed by atoms with Crippen LogP contribution in [0.1, 0.15) is 27.7 Å². The van der Waals surface area contributed by atoms with Gasteiger partial charge >= 0.3 is 6.18 Å². The Labute approximate surface area is 215 Å². The third-order valence-corrected chi connectivity index (χ3v) is 6.62. The number of carbonyl (C=O) groups excluding carboxylic acids is 1. The first-order chi connectivity index (χ1) is 17.1. The number of benzene rings is 2. The molecule has 0 aliphatic carbocycles. The molecular weight excluding hydrogens is 505 g/mol. The van der Waals surface area contributed by atoms with E-state index in [1.165, 1.54) is 19.9 Å². The van der Waals surface area contributed by atoms with E-state index in [0.717, 1.165) is 24.1 Å². The molecule has 0 fully saturated rings. The molecule has 1 amide bonds. The van der Waals surface area contributed by atoms with Crippen LogP contribution in [0.25, 0.3) is 11.1 Å². The van der Waals surface area contributed by atoms with E-state index >= 15 is 0 Å². The Morgan fingerprint density at radius 2 is 1.68 bits per heavy atom. The molecular formula is C27H29F3N2O4S. The Morgan fingerprint density at radius 3 is 2.14 bits per heavy atom. The van der Waals surface area contributed by atoms with E-state index in [-0.39, 0.29) is 11.4 Å². The average Bonchev–Trinajstić information content (AvgIpc) is 2.85. The lowest BCUT2D eigenvalue weighted by molar-refractivity contribution is -0.135. The number of hydrogen-bond acceptors (Lipinski definition) is 5. The zero-order valence-electron chi connectivity index (χ0n) is 20.9. The van der Waals surface area contributed by atoms with Gasteiger partial charge < -0.3 is 10.4 Å². The summed E-state index contributed by atoms with van der Waals surface area (Å²) in [4.78, 5) is 11.9. The topological polar surface area (TPSA) is 107 Å². The number of alkyl halides is 3. The van der Waals surface area contributed by atoms with Gasteiger partial charge in [-0.3, -0.25) is 4.79 Å². The van der Waals surface area contributed by atoms with Crippen LogP contribution in [-0.2, 0) is 14.6 Å². The van der Waals surface area contributed by atoms with Crippen molar-refractivity contribution in [3.05, 3.63) is 90.2 Å². The highest BCUT2D eigenvalue weighted by Crippen LogP contribution is 2.30. The maximum Gasteiger partial charge on any atom is 0.417 e. The number of allylic oxidation sites excluding steroid dienone is 4. The maximum absolute atomic E-state index is 12.8. The van der Waals surface area contributed by atoms with Gasteiger partial charge in [0, 0.05) is 11.3 Å². The number of halogens is 3. The third kappa shape index (κ3) is 9.71. The second kappa shape index (κ2) is 13.0. The fourth-order valence-corrected chi connectivity index (χ4v) is 3.64. The van der Waals surface area contributed by atoms with Gasteiger partial charge in [-0.15, -0.1) is 0 Å². The molecule has 0 saturated carbocycles. The molecule has 0 bridgehead atoms. The van der Waals surface area contributed by atoms with Gasteiger partial charge in [0.25, 0.3) is 5.91 Å². The van der Waals surface area contributed by atoms with Crippen LogP contribution in [0.5, 0.6) is 0 Å². The Kier molecular flexibility index (Phi) is 11.0. The van der Waals surface area contributed by atoms with Gasteiger partial charge in [-0.2, -0.15) is 18.4 Å². The van der Waals surface area contributed by atoms with E-state index in [4.69, 9.17) is 5.26 Å². The Morgan fingerprint density at radius 1 is 1.11 bits per heavy atom. The second-order valence-corrected chi connectivity index (χ2v) is 10.5. The highest BCUT2D eigenvalue weighted by Gasteiger charge is 2.34. The molecule has 0 radical (unpaired) electrons. The molecule has 6 nitrogen and oxygen atoms in total. The normalized spacial score (nSPS) is 12.9. The van der Waals surface area contributed by atoms with Crippen molar-refractivity contribution >= 4 is 15.7 Å². The number of amides is 1. The van der Waals surface area contributed by atoms with Crippen molar-refractivity contribution in [2.75, 3.05) is 5.75 Å². The van der Waals surface area contributed by atoms with Gasteiger partial charge in [-0.05, 0) is 56.2 Å². The number of hydrogen-bond donors (Lipinski definition) is 2. The molecule has 2 N–H and O–H groups in total. The van der Waals surface area contributed by atoms with Crippen molar-refractivity contribution < 1.29 is 31.5 Å². The molecule has 10 heteroatoms. The largest absolute Gasteiger partial charge is 0.417 e. The summed E-state index contributed by atoms with van der Waals surface area (Å²) in [6, 6.07) is 18.2. The van der Waals surface area contributed by atoms with Crippen molar-refractivity contribution in [1.82, 2.24) is 5.32 Å². The number of carbonyl (C=O) groups is 1. The fraction of sp³-hybridized carbons (Fsp3) is 0.259. The minimum Gasteiger partial charge on any atom is -0.381 e. The number of nitrogens with one attached hydrogen (secondary N) is 1. The smallest absolute Gasteiger partial charge is 0.381 e. The molecule has 0 heterocycles. The second-order valence-electron chi connectivity index (χ2n) is 8.26. The minimum absolute atomic E-state index is 0.130. The van der Waals surface area contributed by atoms with Crippen molar-refractivity contribution in [2.24, 2.45) is 0 Å². The molecule has 0 spiro atoms. The lowest BCUT2D eigenvalue weighted by atomic mass is 10.1. The van der Waals surface area contributed by atoms with Gasteiger partial charge in [-0.25, -0.2) is 8.42 Å².